The summed E-state index contributed by atoms with van der Waals surface area (Å²) >= 11 is 0. The third kappa shape index (κ3) is 1.71. The van der Waals surface area contributed by atoms with Gasteiger partial charge in [-0.15, -0.1) is 0 Å². The molecule has 0 unspecified atom stereocenters. The lowest BCUT2D eigenvalue weighted by Gasteiger charge is -2.12. The Morgan fingerprint density at radius 2 is 2.29 bits per heavy atom. The van der Waals surface area contributed by atoms with E-state index in [0.29, 0.717) is 6.42 Å². The number of aliphatic hydroxyl groups is 2. The topological polar surface area (TPSA) is 71.2 Å². The molecule has 90 valence electrons. The van der Waals surface area contributed by atoms with E-state index >= 15 is 0 Å². The first kappa shape index (κ1) is 10.7. The van der Waals surface area contributed by atoms with Gasteiger partial charge in [0.25, 0.3) is 0 Å². The second-order valence-corrected chi connectivity index (χ2v) is 4.66. The third-order valence-electron chi connectivity index (χ3n) is 3.64. The zero-order valence-electron chi connectivity index (χ0n) is 9.40. The molecule has 2 aromatic heterocycles. The fourth-order valence-electron chi connectivity index (χ4n) is 2.69. The van der Waals surface area contributed by atoms with Gasteiger partial charge in [-0.1, -0.05) is 0 Å². The molecule has 0 aromatic carbocycles. The average molecular weight is 233 g/mol. The van der Waals surface area contributed by atoms with Gasteiger partial charge in [-0.2, -0.15) is 0 Å². The van der Waals surface area contributed by atoms with Crippen LogP contribution in [0.4, 0.5) is 0 Å². The smallest absolute Gasteiger partial charge is 0.143 e. The zero-order chi connectivity index (χ0) is 11.8. The lowest BCUT2D eigenvalue weighted by molar-refractivity contribution is 0.0906. The molecular formula is C12H15N3O2. The molecule has 5 heteroatoms. The van der Waals surface area contributed by atoms with Crippen LogP contribution in [0, 0.1) is 5.92 Å². The highest BCUT2D eigenvalue weighted by Crippen LogP contribution is 2.36. The fraction of sp³-hybridized carbons (Fsp3) is 0.500. The van der Waals surface area contributed by atoms with Crippen LogP contribution in [0.2, 0.25) is 0 Å². The van der Waals surface area contributed by atoms with Crippen LogP contribution >= 0.6 is 0 Å². The Bertz CT molecular complexity index is 525. The van der Waals surface area contributed by atoms with Crippen LogP contribution in [0.5, 0.6) is 0 Å². The van der Waals surface area contributed by atoms with Crippen LogP contribution in [0.15, 0.2) is 24.8 Å². The van der Waals surface area contributed by atoms with Crippen LogP contribution in [-0.4, -0.2) is 37.5 Å². The van der Waals surface area contributed by atoms with E-state index in [9.17, 15) is 10.2 Å². The molecule has 3 atom stereocenters. The Morgan fingerprint density at radius 1 is 1.41 bits per heavy atom. The maximum Gasteiger partial charge on any atom is 0.143 e. The second kappa shape index (κ2) is 4.09. The molecular weight excluding hydrogens is 218 g/mol. The molecule has 3 rings (SSSR count). The Kier molecular flexibility index (Phi) is 2.57. The van der Waals surface area contributed by atoms with Gasteiger partial charge in [0.15, 0.2) is 0 Å². The normalized spacial score (nSPS) is 28.9. The molecule has 0 aliphatic heterocycles. The van der Waals surface area contributed by atoms with E-state index in [0.717, 1.165) is 17.5 Å². The molecule has 0 amide bonds. The molecule has 17 heavy (non-hydrogen) atoms. The summed E-state index contributed by atoms with van der Waals surface area (Å²) in [6.07, 6.45) is 6.37. The summed E-state index contributed by atoms with van der Waals surface area (Å²) in [4.78, 5) is 8.25. The average Bonchev–Trinajstić information content (AvgIpc) is 2.92. The van der Waals surface area contributed by atoms with Gasteiger partial charge in [0, 0.05) is 36.3 Å². The zero-order valence-corrected chi connectivity index (χ0v) is 9.40. The van der Waals surface area contributed by atoms with Crippen LogP contribution in [0.3, 0.4) is 0 Å². The molecule has 0 bridgehead atoms. The van der Waals surface area contributed by atoms with Gasteiger partial charge in [-0.3, -0.25) is 0 Å². The molecule has 1 saturated carbocycles. The van der Waals surface area contributed by atoms with Crippen LogP contribution < -0.4 is 0 Å². The molecule has 2 heterocycles. The summed E-state index contributed by atoms with van der Waals surface area (Å²) < 4.78 is 2.08. The summed E-state index contributed by atoms with van der Waals surface area (Å²) in [7, 11) is 0. The van der Waals surface area contributed by atoms with Crippen molar-refractivity contribution in [3.05, 3.63) is 24.8 Å². The highest BCUT2D eigenvalue weighted by atomic mass is 16.3. The molecule has 0 saturated heterocycles. The fourth-order valence-corrected chi connectivity index (χ4v) is 2.69. The molecule has 2 N–H and O–H groups in total. The van der Waals surface area contributed by atoms with Crippen LogP contribution in [-0.2, 0) is 0 Å². The summed E-state index contributed by atoms with van der Waals surface area (Å²) in [5.74, 6) is -0.0145. The van der Waals surface area contributed by atoms with Gasteiger partial charge in [-0.05, 0) is 18.9 Å². The summed E-state index contributed by atoms with van der Waals surface area (Å²) in [5.41, 5.74) is 0.899. The maximum absolute atomic E-state index is 9.82. The van der Waals surface area contributed by atoms with Gasteiger partial charge >= 0.3 is 0 Å². The van der Waals surface area contributed by atoms with E-state index in [1.165, 1.54) is 6.33 Å². The van der Waals surface area contributed by atoms with Crippen molar-refractivity contribution in [3.63, 3.8) is 0 Å². The number of hydrogen-bond acceptors (Lipinski definition) is 4. The lowest BCUT2D eigenvalue weighted by Crippen LogP contribution is -2.16. The van der Waals surface area contributed by atoms with Gasteiger partial charge in [-0.25, -0.2) is 9.97 Å². The molecule has 5 nitrogen and oxygen atoms in total. The molecule has 1 aliphatic rings. The molecule has 0 spiro atoms. The van der Waals surface area contributed by atoms with Gasteiger partial charge in [0.1, 0.15) is 12.0 Å². The number of fused-ring (bicyclic) bond motifs is 1. The van der Waals surface area contributed by atoms with Crippen LogP contribution in [0.25, 0.3) is 11.0 Å². The molecule has 1 aliphatic carbocycles. The Morgan fingerprint density at radius 3 is 3.06 bits per heavy atom. The number of hydrogen-bond donors (Lipinski definition) is 2. The first-order chi connectivity index (χ1) is 8.29. The first-order valence-corrected chi connectivity index (χ1v) is 5.85. The quantitative estimate of drug-likeness (QED) is 0.802. The predicted molar refractivity (Wildman–Crippen MR) is 62.4 cm³/mol. The minimum Gasteiger partial charge on any atom is -0.396 e. The SMILES string of the molecule is OC[C@@H]1C[C@@H](n2ccc3cncnc32)C[C@@H]1O. The minimum absolute atomic E-state index is 0.0145. The third-order valence-corrected chi connectivity index (χ3v) is 3.64. The predicted octanol–water partition coefficient (Wildman–Crippen LogP) is 0.736. The Labute approximate surface area is 98.7 Å². The van der Waals surface area contributed by atoms with Crippen molar-refractivity contribution in [1.82, 2.24) is 14.5 Å². The van der Waals surface area contributed by atoms with E-state index in [1.807, 2.05) is 12.3 Å². The second-order valence-electron chi connectivity index (χ2n) is 4.66. The van der Waals surface area contributed by atoms with Crippen molar-refractivity contribution in [2.45, 2.75) is 25.0 Å². The van der Waals surface area contributed by atoms with Crippen molar-refractivity contribution in [2.24, 2.45) is 5.92 Å². The summed E-state index contributed by atoms with van der Waals surface area (Å²) in [6.45, 7) is 0.0475. The van der Waals surface area contributed by atoms with E-state index in [4.69, 9.17) is 0 Å². The minimum atomic E-state index is -0.413. The lowest BCUT2D eigenvalue weighted by atomic mass is 10.1. The van der Waals surface area contributed by atoms with Crippen molar-refractivity contribution in [1.29, 1.82) is 0 Å². The molecule has 0 radical (unpaired) electrons. The Hall–Kier alpha value is -1.46. The maximum atomic E-state index is 9.82. The van der Waals surface area contributed by atoms with E-state index in [1.54, 1.807) is 6.20 Å². The van der Waals surface area contributed by atoms with Gasteiger partial charge < -0.3 is 14.8 Å². The number of aromatic nitrogens is 3. The first-order valence-electron chi connectivity index (χ1n) is 5.85. The Balaban J connectivity index is 1.95. The highest BCUT2D eigenvalue weighted by Gasteiger charge is 2.33. The number of nitrogens with zero attached hydrogens (tertiary/aromatic N) is 3. The van der Waals surface area contributed by atoms with Gasteiger partial charge in [0.2, 0.25) is 0 Å². The largest absolute Gasteiger partial charge is 0.396 e. The van der Waals surface area contributed by atoms with E-state index in [2.05, 4.69) is 14.5 Å². The monoisotopic (exact) mass is 233 g/mol. The van der Waals surface area contributed by atoms with E-state index < -0.39 is 6.10 Å². The summed E-state index contributed by atoms with van der Waals surface area (Å²) in [5, 5.41) is 20.0. The van der Waals surface area contributed by atoms with E-state index in [-0.39, 0.29) is 18.6 Å². The summed E-state index contributed by atoms with van der Waals surface area (Å²) in [6, 6.07) is 2.20. The number of aliphatic hydroxyl groups excluding tert-OH is 2. The highest BCUT2D eigenvalue weighted by molar-refractivity contribution is 5.74. The van der Waals surface area contributed by atoms with Crippen molar-refractivity contribution in [3.8, 4) is 0 Å². The standard InChI is InChI=1S/C12H15N3O2/c16-6-9-3-10(4-11(9)17)15-2-1-8-5-13-7-14-12(8)15/h1-2,5,7,9-11,16-17H,3-4,6H2/t9-,10+,11-/m0/s1. The van der Waals surface area contributed by atoms with Crippen molar-refractivity contribution >= 4 is 11.0 Å². The van der Waals surface area contributed by atoms with Crippen molar-refractivity contribution < 1.29 is 10.2 Å². The number of rotatable bonds is 2. The van der Waals surface area contributed by atoms with Crippen LogP contribution in [0.1, 0.15) is 18.9 Å². The van der Waals surface area contributed by atoms with Crippen molar-refractivity contribution in [2.75, 3.05) is 6.61 Å². The van der Waals surface area contributed by atoms with Gasteiger partial charge in [0.05, 0.1) is 6.10 Å². The molecule has 2 aromatic rings. The molecule has 1 fully saturated rings.